The lowest BCUT2D eigenvalue weighted by Gasteiger charge is -2.33. The fourth-order valence-corrected chi connectivity index (χ4v) is 4.09. The van der Waals surface area contributed by atoms with Gasteiger partial charge in [-0.25, -0.2) is 4.98 Å². The third kappa shape index (κ3) is 4.57. The molecule has 29 heavy (non-hydrogen) atoms. The smallest absolute Gasteiger partial charge is 0.130 e. The van der Waals surface area contributed by atoms with Gasteiger partial charge in [-0.1, -0.05) is 24.3 Å². The average Bonchev–Trinajstić information content (AvgIpc) is 2.80. The molecule has 1 unspecified atom stereocenters. The minimum atomic E-state index is 0.448. The van der Waals surface area contributed by atoms with Crippen molar-refractivity contribution in [2.75, 3.05) is 32.6 Å². The Labute approximate surface area is 172 Å². The molecule has 5 nitrogen and oxygen atoms in total. The van der Waals surface area contributed by atoms with Crippen molar-refractivity contribution in [3.8, 4) is 17.0 Å². The lowest BCUT2D eigenvalue weighted by molar-refractivity contribution is 0.198. The number of anilines is 1. The summed E-state index contributed by atoms with van der Waals surface area (Å²) in [5, 5.41) is 3.20. The van der Waals surface area contributed by atoms with Crippen molar-refractivity contribution < 1.29 is 4.74 Å². The lowest BCUT2D eigenvalue weighted by atomic mass is 9.93. The van der Waals surface area contributed by atoms with Crippen LogP contribution in [0.4, 0.5) is 5.82 Å². The van der Waals surface area contributed by atoms with Gasteiger partial charge in [0, 0.05) is 49.1 Å². The van der Waals surface area contributed by atoms with E-state index in [0.717, 1.165) is 42.5 Å². The Morgan fingerprint density at radius 1 is 1.14 bits per heavy atom. The van der Waals surface area contributed by atoms with Gasteiger partial charge in [0.1, 0.15) is 11.6 Å². The first-order valence-electron chi connectivity index (χ1n) is 10.2. The molecule has 0 spiro atoms. The van der Waals surface area contributed by atoms with Crippen LogP contribution in [0.1, 0.15) is 30.0 Å². The zero-order valence-electron chi connectivity index (χ0n) is 17.1. The number of hydrogen-bond donors (Lipinski definition) is 1. The summed E-state index contributed by atoms with van der Waals surface area (Å²) in [6.07, 6.45) is 4.20. The number of pyridine rings is 2. The van der Waals surface area contributed by atoms with Crippen LogP contribution in [0.25, 0.3) is 11.3 Å². The topological polar surface area (TPSA) is 50.3 Å². The van der Waals surface area contributed by atoms with Gasteiger partial charge in [0.15, 0.2) is 0 Å². The number of benzene rings is 1. The number of rotatable bonds is 6. The van der Waals surface area contributed by atoms with E-state index in [0.29, 0.717) is 5.92 Å². The first kappa shape index (κ1) is 19.4. The van der Waals surface area contributed by atoms with Crippen molar-refractivity contribution in [2.45, 2.75) is 25.3 Å². The molecule has 1 aliphatic rings. The number of nitrogens with zero attached hydrogens (tertiary/aromatic N) is 3. The van der Waals surface area contributed by atoms with Gasteiger partial charge in [-0.3, -0.25) is 9.88 Å². The molecule has 4 rings (SSSR count). The van der Waals surface area contributed by atoms with Crippen molar-refractivity contribution in [3.05, 3.63) is 72.1 Å². The quantitative estimate of drug-likeness (QED) is 0.670. The second kappa shape index (κ2) is 9.05. The van der Waals surface area contributed by atoms with Gasteiger partial charge in [-0.05, 0) is 49.7 Å². The van der Waals surface area contributed by atoms with Gasteiger partial charge < -0.3 is 10.1 Å². The third-order valence-corrected chi connectivity index (χ3v) is 5.58. The summed E-state index contributed by atoms with van der Waals surface area (Å²) in [7, 11) is 3.63. The monoisotopic (exact) mass is 388 g/mol. The molecule has 1 aromatic carbocycles. The van der Waals surface area contributed by atoms with E-state index in [1.54, 1.807) is 7.11 Å². The number of ether oxygens (including phenoxy) is 1. The van der Waals surface area contributed by atoms with Gasteiger partial charge >= 0.3 is 0 Å². The van der Waals surface area contributed by atoms with Crippen LogP contribution in [0.2, 0.25) is 0 Å². The molecular formula is C24H28N4O. The Morgan fingerprint density at radius 3 is 2.90 bits per heavy atom. The van der Waals surface area contributed by atoms with Crippen molar-refractivity contribution in [2.24, 2.45) is 0 Å². The van der Waals surface area contributed by atoms with Crippen LogP contribution in [0.5, 0.6) is 5.75 Å². The fraction of sp³-hybridized carbons (Fsp3) is 0.333. The zero-order valence-corrected chi connectivity index (χ0v) is 17.1. The second-order valence-corrected chi connectivity index (χ2v) is 7.52. The number of aromatic nitrogens is 2. The highest BCUT2D eigenvalue weighted by Gasteiger charge is 2.23. The maximum Gasteiger partial charge on any atom is 0.130 e. The average molecular weight is 389 g/mol. The van der Waals surface area contributed by atoms with E-state index in [2.05, 4.69) is 45.5 Å². The molecule has 0 amide bonds. The van der Waals surface area contributed by atoms with Crippen LogP contribution >= 0.6 is 0 Å². The van der Waals surface area contributed by atoms with Crippen LogP contribution in [-0.2, 0) is 6.54 Å². The minimum absolute atomic E-state index is 0.448. The molecule has 150 valence electrons. The number of hydrogen-bond acceptors (Lipinski definition) is 5. The van der Waals surface area contributed by atoms with Crippen LogP contribution in [0.3, 0.4) is 0 Å². The Morgan fingerprint density at radius 2 is 2.03 bits per heavy atom. The highest BCUT2D eigenvalue weighted by molar-refractivity contribution is 5.61. The molecule has 5 heteroatoms. The Bertz CT molecular complexity index is 959. The molecule has 0 radical (unpaired) electrons. The van der Waals surface area contributed by atoms with Crippen molar-refractivity contribution in [1.29, 1.82) is 0 Å². The number of piperidine rings is 1. The van der Waals surface area contributed by atoms with Crippen LogP contribution in [-0.4, -0.2) is 42.1 Å². The number of nitrogens with one attached hydrogen (secondary N) is 1. The fourth-order valence-electron chi connectivity index (χ4n) is 4.09. The first-order valence-corrected chi connectivity index (χ1v) is 10.2. The standard InChI is InChI=1S/C24H28N4O/c1-25-24-20(8-5-13-26-24)17-28-14-6-9-19(16-28)23-12-4-11-22(27-23)18-7-3-10-21(15-18)29-2/h3-5,7-8,10-13,15,19H,6,9,14,16-17H2,1-2H3,(H,25,26). The van der Waals surface area contributed by atoms with E-state index in [-0.39, 0.29) is 0 Å². The summed E-state index contributed by atoms with van der Waals surface area (Å²) in [5.74, 6) is 2.27. The maximum absolute atomic E-state index is 5.37. The Hall–Kier alpha value is -2.92. The molecule has 3 heterocycles. The molecule has 0 bridgehead atoms. The van der Waals surface area contributed by atoms with Gasteiger partial charge in [-0.15, -0.1) is 0 Å². The van der Waals surface area contributed by atoms with Gasteiger partial charge in [0.05, 0.1) is 12.8 Å². The van der Waals surface area contributed by atoms with E-state index in [9.17, 15) is 0 Å². The van der Waals surface area contributed by atoms with Gasteiger partial charge in [0.25, 0.3) is 0 Å². The molecule has 1 atom stereocenters. The third-order valence-electron chi connectivity index (χ3n) is 5.58. The highest BCUT2D eigenvalue weighted by Crippen LogP contribution is 2.29. The SMILES string of the molecule is CNc1ncccc1CN1CCCC(c2cccc(-c3cccc(OC)c3)n2)C1. The second-order valence-electron chi connectivity index (χ2n) is 7.52. The number of likely N-dealkylation sites (tertiary alicyclic amines) is 1. The minimum Gasteiger partial charge on any atom is -0.497 e. The molecule has 1 saturated heterocycles. The van der Waals surface area contributed by atoms with Crippen LogP contribution < -0.4 is 10.1 Å². The summed E-state index contributed by atoms with van der Waals surface area (Å²) >= 11 is 0. The summed E-state index contributed by atoms with van der Waals surface area (Å²) in [4.78, 5) is 12.0. The summed E-state index contributed by atoms with van der Waals surface area (Å²) in [6, 6.07) is 18.6. The molecule has 0 saturated carbocycles. The molecular weight excluding hydrogens is 360 g/mol. The van der Waals surface area contributed by atoms with Crippen molar-refractivity contribution in [3.63, 3.8) is 0 Å². The Kier molecular flexibility index (Phi) is 6.06. The summed E-state index contributed by atoms with van der Waals surface area (Å²) < 4.78 is 5.37. The lowest BCUT2D eigenvalue weighted by Crippen LogP contribution is -2.34. The van der Waals surface area contributed by atoms with E-state index >= 15 is 0 Å². The predicted molar refractivity (Wildman–Crippen MR) is 117 cm³/mol. The van der Waals surface area contributed by atoms with Crippen LogP contribution in [0, 0.1) is 0 Å². The highest BCUT2D eigenvalue weighted by atomic mass is 16.5. The van der Waals surface area contributed by atoms with E-state index < -0.39 is 0 Å². The van der Waals surface area contributed by atoms with E-state index in [1.807, 2.05) is 37.5 Å². The normalized spacial score (nSPS) is 17.1. The van der Waals surface area contributed by atoms with E-state index in [1.165, 1.54) is 24.1 Å². The van der Waals surface area contributed by atoms with Crippen LogP contribution in [0.15, 0.2) is 60.8 Å². The zero-order chi connectivity index (χ0) is 20.1. The molecule has 1 N–H and O–H groups in total. The summed E-state index contributed by atoms with van der Waals surface area (Å²) in [5.41, 5.74) is 4.51. The Balaban J connectivity index is 1.51. The maximum atomic E-state index is 5.37. The largest absolute Gasteiger partial charge is 0.497 e. The van der Waals surface area contributed by atoms with Crippen molar-refractivity contribution >= 4 is 5.82 Å². The first-order chi connectivity index (χ1) is 14.3. The summed E-state index contributed by atoms with van der Waals surface area (Å²) in [6.45, 7) is 3.05. The van der Waals surface area contributed by atoms with E-state index in [4.69, 9.17) is 9.72 Å². The predicted octanol–water partition coefficient (Wildman–Crippen LogP) is 4.57. The molecule has 3 aromatic rings. The molecule has 1 fully saturated rings. The van der Waals surface area contributed by atoms with Gasteiger partial charge in [0.2, 0.25) is 0 Å². The van der Waals surface area contributed by atoms with Gasteiger partial charge in [-0.2, -0.15) is 0 Å². The molecule has 0 aliphatic carbocycles. The molecule has 2 aromatic heterocycles. The number of methoxy groups -OCH3 is 1. The van der Waals surface area contributed by atoms with Crippen molar-refractivity contribution in [1.82, 2.24) is 14.9 Å². The molecule has 1 aliphatic heterocycles.